The zero-order valence-electron chi connectivity index (χ0n) is 12.7. The minimum absolute atomic E-state index is 0.0195. The van der Waals surface area contributed by atoms with Crippen LogP contribution in [0.4, 0.5) is 0 Å². The van der Waals surface area contributed by atoms with Gasteiger partial charge in [-0.05, 0) is 25.3 Å². The smallest absolute Gasteiger partial charge is 0.230 e. The summed E-state index contributed by atoms with van der Waals surface area (Å²) in [6.07, 6.45) is 4.94. The van der Waals surface area contributed by atoms with Gasteiger partial charge in [0, 0.05) is 12.3 Å². The van der Waals surface area contributed by atoms with Crippen molar-refractivity contribution in [2.45, 2.75) is 50.4 Å². The van der Waals surface area contributed by atoms with Crippen LogP contribution in [0.3, 0.4) is 0 Å². The molecule has 1 aromatic rings. The maximum atomic E-state index is 11.8. The number of thioether (sulfide) groups is 1. The number of hydrogen-bond acceptors (Lipinski definition) is 3. The molecule has 1 amide bonds. The van der Waals surface area contributed by atoms with Gasteiger partial charge in [-0.15, -0.1) is 11.8 Å². The van der Waals surface area contributed by atoms with Gasteiger partial charge >= 0.3 is 0 Å². The van der Waals surface area contributed by atoms with Crippen LogP contribution in [0.5, 0.6) is 0 Å². The van der Waals surface area contributed by atoms with Gasteiger partial charge in [0.15, 0.2) is 0 Å². The molecule has 1 aliphatic carbocycles. The topological polar surface area (TPSA) is 49.3 Å². The van der Waals surface area contributed by atoms with E-state index in [-0.39, 0.29) is 5.91 Å². The van der Waals surface area contributed by atoms with Crippen molar-refractivity contribution in [2.75, 3.05) is 12.3 Å². The van der Waals surface area contributed by atoms with E-state index in [2.05, 4.69) is 36.5 Å². The number of carbonyl (C=O) groups is 1. The molecule has 0 bridgehead atoms. The lowest BCUT2D eigenvalue weighted by atomic mass is 9.85. The minimum Gasteiger partial charge on any atom is -0.388 e. The van der Waals surface area contributed by atoms with Gasteiger partial charge in [-0.25, -0.2) is 0 Å². The Balaban J connectivity index is 1.64. The number of benzene rings is 1. The zero-order valence-corrected chi connectivity index (χ0v) is 13.5. The highest BCUT2D eigenvalue weighted by atomic mass is 32.2. The largest absolute Gasteiger partial charge is 0.388 e. The fourth-order valence-electron chi connectivity index (χ4n) is 2.65. The average Bonchev–Trinajstić information content (AvgIpc) is 2.48. The van der Waals surface area contributed by atoms with E-state index in [0.717, 1.165) is 31.4 Å². The number of hydrogen-bond donors (Lipinski definition) is 2. The lowest BCUT2D eigenvalue weighted by molar-refractivity contribution is -0.120. The summed E-state index contributed by atoms with van der Waals surface area (Å²) in [5, 5.41) is 13.2. The first-order valence-electron chi connectivity index (χ1n) is 7.70. The second kappa shape index (κ2) is 7.85. The fourth-order valence-corrected chi connectivity index (χ4v) is 3.46. The summed E-state index contributed by atoms with van der Waals surface area (Å²) in [4.78, 5) is 11.8. The van der Waals surface area contributed by atoms with Crippen molar-refractivity contribution in [1.82, 2.24) is 5.32 Å². The normalized spacial score (nSPS) is 17.4. The van der Waals surface area contributed by atoms with Gasteiger partial charge in [-0.3, -0.25) is 4.79 Å². The van der Waals surface area contributed by atoms with Crippen molar-refractivity contribution < 1.29 is 9.90 Å². The number of amides is 1. The fraction of sp³-hybridized carbons (Fsp3) is 0.588. The highest BCUT2D eigenvalue weighted by Crippen LogP contribution is 2.27. The molecule has 116 valence electrons. The van der Waals surface area contributed by atoms with Crippen LogP contribution < -0.4 is 5.32 Å². The van der Waals surface area contributed by atoms with E-state index >= 15 is 0 Å². The lowest BCUT2D eigenvalue weighted by Gasteiger charge is -2.32. The van der Waals surface area contributed by atoms with Crippen molar-refractivity contribution >= 4 is 17.7 Å². The molecule has 0 atom stereocenters. The third kappa shape index (κ3) is 5.71. The van der Waals surface area contributed by atoms with Gasteiger partial charge in [0.1, 0.15) is 0 Å². The van der Waals surface area contributed by atoms with Crippen molar-refractivity contribution in [3.05, 3.63) is 35.4 Å². The van der Waals surface area contributed by atoms with E-state index < -0.39 is 5.60 Å². The molecule has 1 aliphatic rings. The highest BCUT2D eigenvalue weighted by Gasteiger charge is 2.29. The van der Waals surface area contributed by atoms with Gasteiger partial charge < -0.3 is 10.4 Å². The highest BCUT2D eigenvalue weighted by molar-refractivity contribution is 7.99. The first-order valence-corrected chi connectivity index (χ1v) is 8.85. The predicted octanol–water partition coefficient (Wildman–Crippen LogP) is 3.04. The van der Waals surface area contributed by atoms with Crippen LogP contribution in [0, 0.1) is 6.92 Å². The van der Waals surface area contributed by atoms with Crippen molar-refractivity contribution in [2.24, 2.45) is 0 Å². The summed E-state index contributed by atoms with van der Waals surface area (Å²) in [5.41, 5.74) is 1.82. The second-order valence-electron chi connectivity index (χ2n) is 6.04. The Morgan fingerprint density at radius 3 is 2.57 bits per heavy atom. The van der Waals surface area contributed by atoms with Crippen LogP contribution in [0.1, 0.15) is 43.2 Å². The molecule has 0 unspecified atom stereocenters. The molecule has 0 saturated heterocycles. The van der Waals surface area contributed by atoms with Crippen LogP contribution >= 0.6 is 11.8 Å². The van der Waals surface area contributed by atoms with Crippen LogP contribution in [-0.2, 0) is 10.5 Å². The number of aliphatic hydroxyl groups is 1. The third-order valence-corrected chi connectivity index (χ3v) is 5.03. The molecule has 0 spiro atoms. The summed E-state index contributed by atoms with van der Waals surface area (Å²) in [6.45, 7) is 2.47. The van der Waals surface area contributed by atoms with Crippen LogP contribution in [-0.4, -0.2) is 28.9 Å². The predicted molar refractivity (Wildman–Crippen MR) is 88.4 cm³/mol. The summed E-state index contributed by atoms with van der Waals surface area (Å²) in [6, 6.07) is 8.39. The van der Waals surface area contributed by atoms with E-state index in [4.69, 9.17) is 0 Å². The number of nitrogens with one attached hydrogen (secondary N) is 1. The van der Waals surface area contributed by atoms with Gasteiger partial charge in [-0.1, -0.05) is 49.1 Å². The molecule has 2 rings (SSSR count). The van der Waals surface area contributed by atoms with Crippen LogP contribution in [0.15, 0.2) is 24.3 Å². The minimum atomic E-state index is -0.671. The lowest BCUT2D eigenvalue weighted by Crippen LogP contribution is -2.44. The summed E-state index contributed by atoms with van der Waals surface area (Å²) >= 11 is 1.61. The Labute approximate surface area is 131 Å². The van der Waals surface area contributed by atoms with Gasteiger partial charge in [0.25, 0.3) is 0 Å². The summed E-state index contributed by atoms with van der Waals surface area (Å²) in [7, 11) is 0. The number of rotatable bonds is 6. The maximum Gasteiger partial charge on any atom is 0.230 e. The standard InChI is InChI=1S/C17H25NO2S/c1-14-5-7-15(8-6-14)11-21-12-16(19)18-13-17(20)9-3-2-4-10-17/h5-8,20H,2-4,9-13H2,1H3,(H,18,19). The molecule has 3 nitrogen and oxygen atoms in total. The molecule has 0 aliphatic heterocycles. The van der Waals surface area contributed by atoms with Gasteiger partial charge in [-0.2, -0.15) is 0 Å². The number of carbonyl (C=O) groups excluding carboxylic acids is 1. The molecular weight excluding hydrogens is 282 g/mol. The Hall–Kier alpha value is -1.00. The summed E-state index contributed by atoms with van der Waals surface area (Å²) in [5.74, 6) is 1.31. The molecule has 0 radical (unpaired) electrons. The molecule has 1 aromatic carbocycles. The van der Waals surface area contributed by atoms with Crippen molar-refractivity contribution in [1.29, 1.82) is 0 Å². The Kier molecular flexibility index (Phi) is 6.12. The molecule has 2 N–H and O–H groups in total. The molecular formula is C17H25NO2S. The molecule has 1 saturated carbocycles. The van der Waals surface area contributed by atoms with Crippen molar-refractivity contribution in [3.63, 3.8) is 0 Å². The van der Waals surface area contributed by atoms with E-state index in [1.165, 1.54) is 17.5 Å². The SMILES string of the molecule is Cc1ccc(CSCC(=O)NCC2(O)CCCCC2)cc1. The molecule has 0 aromatic heterocycles. The van der Waals surface area contributed by atoms with Gasteiger partial charge in [0.2, 0.25) is 5.91 Å². The van der Waals surface area contributed by atoms with Crippen LogP contribution in [0.25, 0.3) is 0 Å². The maximum absolute atomic E-state index is 11.8. The quantitative estimate of drug-likeness (QED) is 0.849. The van der Waals surface area contributed by atoms with E-state index in [1.807, 2.05) is 0 Å². The Morgan fingerprint density at radius 2 is 1.90 bits per heavy atom. The van der Waals surface area contributed by atoms with Gasteiger partial charge in [0.05, 0.1) is 11.4 Å². The Morgan fingerprint density at radius 1 is 1.24 bits per heavy atom. The zero-order chi connectivity index (χ0) is 15.1. The first kappa shape index (κ1) is 16.4. The monoisotopic (exact) mass is 307 g/mol. The molecule has 1 fully saturated rings. The summed E-state index contributed by atoms with van der Waals surface area (Å²) < 4.78 is 0. The third-order valence-electron chi connectivity index (χ3n) is 4.02. The number of aryl methyl sites for hydroxylation is 1. The van der Waals surface area contributed by atoms with E-state index in [0.29, 0.717) is 12.3 Å². The Bertz CT molecular complexity index is 452. The molecule has 4 heteroatoms. The molecule has 0 heterocycles. The van der Waals surface area contributed by atoms with Crippen LogP contribution in [0.2, 0.25) is 0 Å². The first-order chi connectivity index (χ1) is 10.1. The second-order valence-corrected chi connectivity index (χ2v) is 7.03. The average molecular weight is 307 g/mol. The van der Waals surface area contributed by atoms with Crippen molar-refractivity contribution in [3.8, 4) is 0 Å². The van der Waals surface area contributed by atoms with E-state index in [9.17, 15) is 9.90 Å². The van der Waals surface area contributed by atoms with E-state index in [1.54, 1.807) is 11.8 Å². The molecule has 21 heavy (non-hydrogen) atoms.